The number of urea groups is 1. The van der Waals surface area contributed by atoms with Crippen molar-refractivity contribution in [1.82, 2.24) is 10.6 Å². The zero-order chi connectivity index (χ0) is 18.2. The maximum atomic E-state index is 11.9. The van der Waals surface area contributed by atoms with Gasteiger partial charge in [0, 0.05) is 11.7 Å². The minimum atomic E-state index is -0.772. The van der Waals surface area contributed by atoms with Crippen LogP contribution in [0.4, 0.5) is 10.5 Å². The van der Waals surface area contributed by atoms with Crippen molar-refractivity contribution in [3.8, 4) is 0 Å². The minimum absolute atomic E-state index is 0.0418. The van der Waals surface area contributed by atoms with Gasteiger partial charge in [0.15, 0.2) is 0 Å². The standard InChI is InChI=1S/C18H25N3O4/c1-2-12-4-3-5-15(10-12)20-16(22)11-19-18(25)21-14-8-6-13(7-9-14)17(23)24/h3-5,10,13-14H,2,6-9,11H2,1H3,(H,20,22)(H,23,24)(H2,19,21,25). The smallest absolute Gasteiger partial charge is 0.315 e. The molecule has 0 unspecified atom stereocenters. The fourth-order valence-corrected chi connectivity index (χ4v) is 2.96. The average molecular weight is 347 g/mol. The first-order chi connectivity index (χ1) is 12.0. The highest BCUT2D eigenvalue weighted by molar-refractivity contribution is 5.94. The van der Waals surface area contributed by atoms with E-state index >= 15 is 0 Å². The highest BCUT2D eigenvalue weighted by atomic mass is 16.4. The summed E-state index contributed by atoms with van der Waals surface area (Å²) in [6, 6.07) is 7.12. The van der Waals surface area contributed by atoms with Crippen LogP contribution in [0.25, 0.3) is 0 Å². The number of carbonyl (C=O) groups excluding carboxylic acids is 2. The quantitative estimate of drug-likeness (QED) is 0.632. The van der Waals surface area contributed by atoms with Gasteiger partial charge in [0.25, 0.3) is 0 Å². The van der Waals surface area contributed by atoms with Crippen LogP contribution < -0.4 is 16.0 Å². The van der Waals surface area contributed by atoms with Gasteiger partial charge in [-0.05, 0) is 49.8 Å². The summed E-state index contributed by atoms with van der Waals surface area (Å²) >= 11 is 0. The lowest BCUT2D eigenvalue weighted by molar-refractivity contribution is -0.142. The fourth-order valence-electron chi connectivity index (χ4n) is 2.96. The second kappa shape index (κ2) is 9.05. The zero-order valence-corrected chi connectivity index (χ0v) is 14.4. The van der Waals surface area contributed by atoms with Crippen molar-refractivity contribution >= 4 is 23.6 Å². The fraction of sp³-hybridized carbons (Fsp3) is 0.500. The van der Waals surface area contributed by atoms with Gasteiger partial charge in [-0.2, -0.15) is 0 Å². The van der Waals surface area contributed by atoms with Gasteiger partial charge in [0.2, 0.25) is 5.91 Å². The number of benzene rings is 1. The Balaban J connectivity index is 1.69. The van der Waals surface area contributed by atoms with E-state index in [1.54, 1.807) is 6.07 Å². The summed E-state index contributed by atoms with van der Waals surface area (Å²) in [6.07, 6.45) is 3.29. The Morgan fingerprint density at radius 2 is 1.88 bits per heavy atom. The average Bonchev–Trinajstić information content (AvgIpc) is 2.60. The van der Waals surface area contributed by atoms with Crippen LogP contribution in [0.1, 0.15) is 38.2 Å². The van der Waals surface area contributed by atoms with E-state index < -0.39 is 12.0 Å². The molecule has 0 radical (unpaired) electrons. The molecular weight excluding hydrogens is 322 g/mol. The second-order valence-electron chi connectivity index (χ2n) is 6.32. The predicted molar refractivity (Wildman–Crippen MR) is 94.4 cm³/mol. The molecule has 136 valence electrons. The Morgan fingerprint density at radius 3 is 2.52 bits per heavy atom. The molecule has 1 aliphatic carbocycles. The van der Waals surface area contributed by atoms with Crippen molar-refractivity contribution < 1.29 is 19.5 Å². The molecular formula is C18H25N3O4. The molecule has 0 aliphatic heterocycles. The molecule has 0 bridgehead atoms. The van der Waals surface area contributed by atoms with Crippen LogP contribution in [0.15, 0.2) is 24.3 Å². The first-order valence-electron chi connectivity index (χ1n) is 8.64. The number of rotatable bonds is 6. The van der Waals surface area contributed by atoms with Crippen molar-refractivity contribution in [3.63, 3.8) is 0 Å². The number of aryl methyl sites for hydroxylation is 1. The van der Waals surface area contributed by atoms with E-state index in [1.165, 1.54) is 0 Å². The van der Waals surface area contributed by atoms with Crippen molar-refractivity contribution in [2.45, 2.75) is 45.1 Å². The number of nitrogens with one attached hydrogen (secondary N) is 3. The third-order valence-electron chi connectivity index (χ3n) is 4.44. The first kappa shape index (κ1) is 18.8. The molecule has 0 heterocycles. The summed E-state index contributed by atoms with van der Waals surface area (Å²) in [5.41, 5.74) is 1.83. The molecule has 1 fully saturated rings. The molecule has 0 atom stereocenters. The van der Waals surface area contributed by atoms with Crippen LogP contribution in [0.5, 0.6) is 0 Å². The summed E-state index contributed by atoms with van der Waals surface area (Å²) in [5.74, 6) is -1.38. The van der Waals surface area contributed by atoms with Crippen LogP contribution in [-0.4, -0.2) is 35.6 Å². The highest BCUT2D eigenvalue weighted by Crippen LogP contribution is 2.24. The SMILES string of the molecule is CCc1cccc(NC(=O)CNC(=O)NC2CCC(C(=O)O)CC2)c1. The maximum absolute atomic E-state index is 11.9. The van der Waals surface area contributed by atoms with Gasteiger partial charge in [0.05, 0.1) is 12.5 Å². The van der Waals surface area contributed by atoms with Gasteiger partial charge >= 0.3 is 12.0 Å². The molecule has 0 aromatic heterocycles. The van der Waals surface area contributed by atoms with Gasteiger partial charge in [-0.3, -0.25) is 9.59 Å². The topological polar surface area (TPSA) is 108 Å². The number of aliphatic carboxylic acids is 1. The molecule has 0 spiro atoms. The third-order valence-corrected chi connectivity index (χ3v) is 4.44. The van der Waals surface area contributed by atoms with Crippen LogP contribution in [0.2, 0.25) is 0 Å². The third kappa shape index (κ3) is 6.10. The summed E-state index contributed by atoms with van der Waals surface area (Å²) in [6.45, 7) is 1.92. The number of hydrogen-bond donors (Lipinski definition) is 4. The van der Waals surface area contributed by atoms with E-state index in [4.69, 9.17) is 5.11 Å². The lowest BCUT2D eigenvalue weighted by atomic mass is 9.86. The van der Waals surface area contributed by atoms with Gasteiger partial charge in [0.1, 0.15) is 0 Å². The molecule has 3 amide bonds. The second-order valence-corrected chi connectivity index (χ2v) is 6.32. The maximum Gasteiger partial charge on any atom is 0.315 e. The molecule has 7 nitrogen and oxygen atoms in total. The van der Waals surface area contributed by atoms with E-state index in [0.29, 0.717) is 31.4 Å². The Kier molecular flexibility index (Phi) is 6.80. The van der Waals surface area contributed by atoms with E-state index in [-0.39, 0.29) is 24.4 Å². The Bertz CT molecular complexity index is 625. The summed E-state index contributed by atoms with van der Waals surface area (Å²) < 4.78 is 0. The van der Waals surface area contributed by atoms with E-state index in [0.717, 1.165) is 12.0 Å². The van der Waals surface area contributed by atoms with Crippen LogP contribution in [0.3, 0.4) is 0 Å². The molecule has 1 saturated carbocycles. The Morgan fingerprint density at radius 1 is 1.16 bits per heavy atom. The molecule has 4 N–H and O–H groups in total. The summed E-state index contributed by atoms with van der Waals surface area (Å²) in [4.78, 5) is 34.7. The number of carboxylic acids is 1. The summed E-state index contributed by atoms with van der Waals surface area (Å²) in [5, 5.41) is 17.0. The Labute approximate surface area is 147 Å². The zero-order valence-electron chi connectivity index (χ0n) is 14.4. The van der Waals surface area contributed by atoms with Gasteiger partial charge < -0.3 is 21.1 Å². The van der Waals surface area contributed by atoms with E-state index in [2.05, 4.69) is 16.0 Å². The van der Waals surface area contributed by atoms with Gasteiger partial charge in [-0.15, -0.1) is 0 Å². The molecule has 0 saturated heterocycles. The number of carbonyl (C=O) groups is 3. The van der Waals surface area contributed by atoms with Crippen LogP contribution in [0, 0.1) is 5.92 Å². The highest BCUT2D eigenvalue weighted by Gasteiger charge is 2.26. The van der Waals surface area contributed by atoms with Crippen LogP contribution in [-0.2, 0) is 16.0 Å². The predicted octanol–water partition coefficient (Wildman–Crippen LogP) is 2.13. The molecule has 7 heteroatoms. The summed E-state index contributed by atoms with van der Waals surface area (Å²) in [7, 11) is 0. The van der Waals surface area contributed by atoms with Gasteiger partial charge in [-0.1, -0.05) is 19.1 Å². The molecule has 2 rings (SSSR count). The van der Waals surface area contributed by atoms with Crippen molar-refractivity contribution in [3.05, 3.63) is 29.8 Å². The lowest BCUT2D eigenvalue weighted by Crippen LogP contribution is -2.46. The monoisotopic (exact) mass is 347 g/mol. The van der Waals surface area contributed by atoms with E-state index in [1.807, 2.05) is 25.1 Å². The van der Waals surface area contributed by atoms with Crippen LogP contribution >= 0.6 is 0 Å². The number of carboxylic acid groups (broad SMARTS) is 1. The minimum Gasteiger partial charge on any atom is -0.481 e. The normalized spacial score (nSPS) is 19.7. The van der Waals surface area contributed by atoms with Crippen molar-refractivity contribution in [2.24, 2.45) is 5.92 Å². The first-order valence-corrected chi connectivity index (χ1v) is 8.64. The lowest BCUT2D eigenvalue weighted by Gasteiger charge is -2.26. The molecule has 1 aromatic rings. The molecule has 25 heavy (non-hydrogen) atoms. The molecule has 1 aliphatic rings. The number of hydrogen-bond acceptors (Lipinski definition) is 3. The largest absolute Gasteiger partial charge is 0.481 e. The number of anilines is 1. The Hall–Kier alpha value is -2.57. The number of amides is 3. The van der Waals surface area contributed by atoms with Crippen molar-refractivity contribution in [2.75, 3.05) is 11.9 Å². The van der Waals surface area contributed by atoms with Crippen molar-refractivity contribution in [1.29, 1.82) is 0 Å². The van der Waals surface area contributed by atoms with E-state index in [9.17, 15) is 14.4 Å². The van der Waals surface area contributed by atoms with Gasteiger partial charge in [-0.25, -0.2) is 4.79 Å². The molecule has 1 aromatic carbocycles.